The van der Waals surface area contributed by atoms with Crippen molar-refractivity contribution >= 4 is 23.2 Å². The van der Waals surface area contributed by atoms with Crippen LogP contribution in [0, 0.1) is 0 Å². The lowest BCUT2D eigenvalue weighted by Gasteiger charge is -2.10. The molecule has 2 amide bonds. The predicted molar refractivity (Wildman–Crippen MR) is 108 cm³/mol. The van der Waals surface area contributed by atoms with E-state index >= 15 is 0 Å². The quantitative estimate of drug-likeness (QED) is 0.525. The van der Waals surface area contributed by atoms with Gasteiger partial charge in [-0.2, -0.15) is 0 Å². The molecular weight excluding hydrogens is 342 g/mol. The Morgan fingerprint density at radius 3 is 2.56 bits per heavy atom. The summed E-state index contributed by atoms with van der Waals surface area (Å²) in [6.45, 7) is 2.93. The summed E-state index contributed by atoms with van der Waals surface area (Å²) in [5.74, 6) is 0.0422. The minimum Gasteiger partial charge on any atom is -0.494 e. The van der Waals surface area contributed by atoms with Gasteiger partial charge in [0.25, 0.3) is 0 Å². The van der Waals surface area contributed by atoms with Crippen LogP contribution in [0.3, 0.4) is 0 Å². The van der Waals surface area contributed by atoms with E-state index in [0.29, 0.717) is 23.5 Å². The van der Waals surface area contributed by atoms with E-state index in [1.165, 1.54) is 12.8 Å². The predicted octanol–water partition coefficient (Wildman–Crippen LogP) is 3.80. The summed E-state index contributed by atoms with van der Waals surface area (Å²) in [6.07, 6.45) is 4.60. The van der Waals surface area contributed by atoms with Crippen LogP contribution in [0.2, 0.25) is 0 Å². The first kappa shape index (κ1) is 20.3. The average Bonchev–Trinajstić information content (AvgIpc) is 2.67. The maximum atomic E-state index is 12.1. The zero-order chi connectivity index (χ0) is 19.5. The van der Waals surface area contributed by atoms with Crippen LogP contribution in [-0.4, -0.2) is 25.0 Å². The topological polar surface area (TPSA) is 93.4 Å². The van der Waals surface area contributed by atoms with Crippen molar-refractivity contribution in [3.63, 3.8) is 0 Å². The molecule has 6 nitrogen and oxygen atoms in total. The number of benzene rings is 2. The molecule has 0 aliphatic rings. The molecule has 0 heterocycles. The summed E-state index contributed by atoms with van der Waals surface area (Å²) in [5, 5.41) is 5.80. The molecular formula is C21H27N3O3. The van der Waals surface area contributed by atoms with E-state index in [0.717, 1.165) is 18.6 Å². The van der Waals surface area contributed by atoms with E-state index in [1.54, 1.807) is 24.3 Å². The van der Waals surface area contributed by atoms with Gasteiger partial charge in [-0.25, -0.2) is 0 Å². The second kappa shape index (κ2) is 10.9. The number of amides is 2. The number of unbranched alkanes of at least 4 members (excludes halogenated alkanes) is 3. The molecule has 0 radical (unpaired) electrons. The van der Waals surface area contributed by atoms with Crippen LogP contribution in [0.5, 0.6) is 5.75 Å². The lowest BCUT2D eigenvalue weighted by atomic mass is 10.2. The van der Waals surface area contributed by atoms with Gasteiger partial charge in [-0.05, 0) is 36.8 Å². The number of anilines is 2. The summed E-state index contributed by atoms with van der Waals surface area (Å²) in [5.41, 5.74) is 6.99. The van der Waals surface area contributed by atoms with Crippen molar-refractivity contribution in [2.24, 2.45) is 5.73 Å². The van der Waals surface area contributed by atoms with Gasteiger partial charge >= 0.3 is 0 Å². The molecule has 2 aromatic rings. The van der Waals surface area contributed by atoms with E-state index in [-0.39, 0.29) is 12.5 Å². The number of ether oxygens (including phenoxy) is 1. The van der Waals surface area contributed by atoms with Crippen LogP contribution in [0.4, 0.5) is 11.4 Å². The van der Waals surface area contributed by atoms with Crippen LogP contribution < -0.4 is 21.1 Å². The van der Waals surface area contributed by atoms with E-state index in [9.17, 15) is 9.59 Å². The van der Waals surface area contributed by atoms with Crippen molar-refractivity contribution in [1.29, 1.82) is 0 Å². The molecule has 144 valence electrons. The van der Waals surface area contributed by atoms with Crippen molar-refractivity contribution in [1.82, 2.24) is 0 Å². The average molecular weight is 369 g/mol. The van der Waals surface area contributed by atoms with E-state index in [4.69, 9.17) is 10.5 Å². The fraction of sp³-hybridized carbons (Fsp3) is 0.333. The van der Waals surface area contributed by atoms with Gasteiger partial charge in [0.1, 0.15) is 5.75 Å². The molecule has 2 aromatic carbocycles. The zero-order valence-electron chi connectivity index (χ0n) is 15.7. The fourth-order valence-corrected chi connectivity index (χ4v) is 2.55. The second-order valence-corrected chi connectivity index (χ2v) is 6.28. The van der Waals surface area contributed by atoms with Gasteiger partial charge in [0.15, 0.2) is 0 Å². The number of rotatable bonds is 11. The Morgan fingerprint density at radius 2 is 1.78 bits per heavy atom. The molecule has 6 heteroatoms. The monoisotopic (exact) mass is 369 g/mol. The molecule has 0 saturated carbocycles. The molecule has 0 aliphatic heterocycles. The van der Waals surface area contributed by atoms with Crippen LogP contribution in [-0.2, 0) is 4.79 Å². The summed E-state index contributed by atoms with van der Waals surface area (Å²) >= 11 is 0. The highest BCUT2D eigenvalue weighted by molar-refractivity contribution is 5.95. The fourth-order valence-electron chi connectivity index (χ4n) is 2.55. The van der Waals surface area contributed by atoms with Gasteiger partial charge in [-0.3, -0.25) is 9.59 Å². The third kappa shape index (κ3) is 7.40. The Balaban J connectivity index is 1.80. The van der Waals surface area contributed by atoms with E-state index < -0.39 is 5.91 Å². The van der Waals surface area contributed by atoms with Crippen LogP contribution >= 0.6 is 0 Å². The first-order valence-corrected chi connectivity index (χ1v) is 9.25. The van der Waals surface area contributed by atoms with Crippen molar-refractivity contribution in [3.05, 3.63) is 54.1 Å². The Morgan fingerprint density at radius 1 is 1.00 bits per heavy atom. The zero-order valence-corrected chi connectivity index (χ0v) is 15.7. The van der Waals surface area contributed by atoms with Gasteiger partial charge in [-0.1, -0.05) is 38.3 Å². The highest BCUT2D eigenvalue weighted by Gasteiger charge is 2.05. The summed E-state index contributed by atoms with van der Waals surface area (Å²) in [6, 6.07) is 14.1. The van der Waals surface area contributed by atoms with Gasteiger partial charge in [0, 0.05) is 23.0 Å². The van der Waals surface area contributed by atoms with Crippen molar-refractivity contribution in [2.45, 2.75) is 32.6 Å². The standard InChI is InChI=1S/C21H27N3O3/c1-2-3-4-5-12-27-19-11-7-10-18(14-19)24-20(25)15-23-17-9-6-8-16(13-17)21(22)26/h6-11,13-14,23H,2-5,12,15H2,1H3,(H2,22,26)(H,24,25). The molecule has 0 saturated heterocycles. The Kier molecular flexibility index (Phi) is 8.16. The SMILES string of the molecule is CCCCCCOc1cccc(NC(=O)CNc2cccc(C(N)=O)c2)c1. The molecule has 0 aromatic heterocycles. The van der Waals surface area contributed by atoms with Crippen LogP contribution in [0.1, 0.15) is 43.0 Å². The van der Waals surface area contributed by atoms with Crippen molar-refractivity contribution in [2.75, 3.05) is 23.8 Å². The minimum absolute atomic E-state index is 0.0737. The molecule has 0 atom stereocenters. The molecule has 0 spiro atoms. The number of carbonyl (C=O) groups is 2. The molecule has 27 heavy (non-hydrogen) atoms. The van der Waals surface area contributed by atoms with Crippen molar-refractivity contribution in [3.8, 4) is 5.75 Å². The number of primary amides is 1. The Hall–Kier alpha value is -3.02. The Bertz CT molecular complexity index is 762. The number of hydrogen-bond acceptors (Lipinski definition) is 4. The Labute approximate surface area is 160 Å². The normalized spacial score (nSPS) is 10.3. The molecule has 0 fully saturated rings. The van der Waals surface area contributed by atoms with Gasteiger partial charge < -0.3 is 21.1 Å². The third-order valence-electron chi connectivity index (χ3n) is 3.98. The minimum atomic E-state index is -0.505. The van der Waals surface area contributed by atoms with Crippen LogP contribution in [0.15, 0.2) is 48.5 Å². The number of nitrogens with two attached hydrogens (primary N) is 1. The molecule has 2 rings (SSSR count). The highest BCUT2D eigenvalue weighted by Crippen LogP contribution is 2.18. The first-order chi connectivity index (χ1) is 13.1. The lowest BCUT2D eigenvalue weighted by molar-refractivity contribution is -0.114. The van der Waals surface area contributed by atoms with Gasteiger partial charge in [-0.15, -0.1) is 0 Å². The lowest BCUT2D eigenvalue weighted by Crippen LogP contribution is -2.22. The number of nitrogens with one attached hydrogen (secondary N) is 2. The van der Waals surface area contributed by atoms with Gasteiger partial charge in [0.2, 0.25) is 11.8 Å². The maximum absolute atomic E-state index is 12.1. The molecule has 0 aliphatic carbocycles. The molecule has 0 bridgehead atoms. The van der Waals surface area contributed by atoms with Crippen LogP contribution in [0.25, 0.3) is 0 Å². The van der Waals surface area contributed by atoms with E-state index in [2.05, 4.69) is 17.6 Å². The number of carbonyl (C=O) groups excluding carboxylic acids is 2. The molecule has 0 unspecified atom stereocenters. The van der Waals surface area contributed by atoms with E-state index in [1.807, 2.05) is 24.3 Å². The smallest absolute Gasteiger partial charge is 0.248 e. The summed E-state index contributed by atoms with van der Waals surface area (Å²) < 4.78 is 5.73. The second-order valence-electron chi connectivity index (χ2n) is 6.28. The third-order valence-corrected chi connectivity index (χ3v) is 3.98. The largest absolute Gasteiger partial charge is 0.494 e. The number of hydrogen-bond donors (Lipinski definition) is 3. The highest BCUT2D eigenvalue weighted by atomic mass is 16.5. The van der Waals surface area contributed by atoms with Gasteiger partial charge in [0.05, 0.1) is 13.2 Å². The van der Waals surface area contributed by atoms with Crippen molar-refractivity contribution < 1.29 is 14.3 Å². The molecule has 4 N–H and O–H groups in total. The maximum Gasteiger partial charge on any atom is 0.248 e. The summed E-state index contributed by atoms with van der Waals surface area (Å²) in [7, 11) is 0. The summed E-state index contributed by atoms with van der Waals surface area (Å²) in [4.78, 5) is 23.3. The first-order valence-electron chi connectivity index (χ1n) is 9.25.